The first kappa shape index (κ1) is 9.63. The van der Waals surface area contributed by atoms with Gasteiger partial charge in [-0.1, -0.05) is 20.8 Å². The van der Waals surface area contributed by atoms with E-state index in [0.29, 0.717) is 0 Å². The summed E-state index contributed by atoms with van der Waals surface area (Å²) in [5.41, 5.74) is 2.51. The molecule has 2 nitrogen and oxygen atoms in total. The average Bonchev–Trinajstić information content (AvgIpc) is 2.87. The zero-order valence-electron chi connectivity index (χ0n) is 9.25. The molecule has 2 heteroatoms. The normalized spacial score (nSPS) is 17.1. The second-order valence-corrected chi connectivity index (χ2v) is 5.25. The van der Waals surface area contributed by atoms with Crippen molar-refractivity contribution >= 4 is 0 Å². The molecule has 76 valence electrons. The van der Waals surface area contributed by atoms with Gasteiger partial charge in [0.15, 0.2) is 0 Å². The molecule has 1 aromatic heterocycles. The lowest BCUT2D eigenvalue weighted by Crippen LogP contribution is -2.17. The number of nitrogens with zero attached hydrogens (tertiary/aromatic N) is 2. The van der Waals surface area contributed by atoms with E-state index in [2.05, 4.69) is 30.7 Å². The topological polar surface area (TPSA) is 25.8 Å². The van der Waals surface area contributed by atoms with Crippen LogP contribution in [0.2, 0.25) is 0 Å². The van der Waals surface area contributed by atoms with Crippen LogP contribution in [-0.2, 0) is 11.8 Å². The highest BCUT2D eigenvalue weighted by molar-refractivity contribution is 5.20. The van der Waals surface area contributed by atoms with Crippen LogP contribution in [0.1, 0.15) is 45.0 Å². The van der Waals surface area contributed by atoms with Crippen LogP contribution in [0.5, 0.6) is 0 Å². The summed E-state index contributed by atoms with van der Waals surface area (Å²) in [6.45, 7) is 6.61. The average molecular weight is 190 g/mol. The smallest absolute Gasteiger partial charge is 0.0672 e. The third-order valence-corrected chi connectivity index (χ3v) is 2.66. The van der Waals surface area contributed by atoms with Crippen molar-refractivity contribution in [3.05, 3.63) is 23.8 Å². The van der Waals surface area contributed by atoms with E-state index in [4.69, 9.17) is 0 Å². The molecule has 14 heavy (non-hydrogen) atoms. The van der Waals surface area contributed by atoms with Crippen LogP contribution in [-0.4, -0.2) is 9.97 Å². The van der Waals surface area contributed by atoms with Crippen LogP contribution in [0.3, 0.4) is 0 Å². The van der Waals surface area contributed by atoms with Gasteiger partial charge in [0.05, 0.1) is 11.4 Å². The summed E-state index contributed by atoms with van der Waals surface area (Å²) in [6, 6.07) is 0. The second-order valence-electron chi connectivity index (χ2n) is 5.25. The molecule has 1 aromatic rings. The van der Waals surface area contributed by atoms with E-state index in [1.54, 1.807) is 6.20 Å². The van der Waals surface area contributed by atoms with Gasteiger partial charge in [-0.3, -0.25) is 9.97 Å². The molecule has 0 aromatic carbocycles. The van der Waals surface area contributed by atoms with E-state index >= 15 is 0 Å². The van der Waals surface area contributed by atoms with Gasteiger partial charge in [-0.15, -0.1) is 0 Å². The van der Waals surface area contributed by atoms with E-state index in [1.807, 2.05) is 6.20 Å². The third kappa shape index (κ3) is 2.11. The Bertz CT molecular complexity index is 321. The minimum atomic E-state index is 0.123. The molecule has 1 fully saturated rings. The van der Waals surface area contributed by atoms with Crippen molar-refractivity contribution in [3.8, 4) is 0 Å². The molecule has 0 unspecified atom stereocenters. The summed E-state index contributed by atoms with van der Waals surface area (Å²) in [4.78, 5) is 8.93. The highest BCUT2D eigenvalue weighted by Gasteiger charge is 2.27. The summed E-state index contributed by atoms with van der Waals surface area (Å²) in [5, 5.41) is 0. The number of hydrogen-bond donors (Lipinski definition) is 0. The minimum absolute atomic E-state index is 0.123. The fraction of sp³-hybridized carbons (Fsp3) is 0.667. The maximum atomic E-state index is 4.47. The number of rotatable bonds is 2. The number of aromatic nitrogens is 2. The zero-order chi connectivity index (χ0) is 10.2. The number of hydrogen-bond acceptors (Lipinski definition) is 2. The van der Waals surface area contributed by atoms with Gasteiger partial charge in [-0.2, -0.15) is 0 Å². The van der Waals surface area contributed by atoms with Gasteiger partial charge in [0.1, 0.15) is 0 Å². The summed E-state index contributed by atoms with van der Waals surface area (Å²) >= 11 is 0. The third-order valence-electron chi connectivity index (χ3n) is 2.66. The molecular weight excluding hydrogens is 172 g/mol. The molecule has 2 rings (SSSR count). The molecule has 0 atom stereocenters. The quantitative estimate of drug-likeness (QED) is 0.716. The summed E-state index contributed by atoms with van der Waals surface area (Å²) < 4.78 is 0. The van der Waals surface area contributed by atoms with E-state index in [1.165, 1.54) is 24.2 Å². The molecule has 0 amide bonds. The molecule has 1 heterocycles. The van der Waals surface area contributed by atoms with E-state index in [9.17, 15) is 0 Å². The summed E-state index contributed by atoms with van der Waals surface area (Å²) in [6.07, 6.45) is 7.49. The van der Waals surface area contributed by atoms with Gasteiger partial charge in [-0.25, -0.2) is 0 Å². The molecule has 1 saturated carbocycles. The first-order valence-electron chi connectivity index (χ1n) is 5.38. The van der Waals surface area contributed by atoms with Crippen LogP contribution in [0.25, 0.3) is 0 Å². The van der Waals surface area contributed by atoms with Gasteiger partial charge in [0.25, 0.3) is 0 Å². The largest absolute Gasteiger partial charge is 0.258 e. The van der Waals surface area contributed by atoms with Crippen molar-refractivity contribution in [2.45, 2.75) is 45.4 Å². The molecule has 0 saturated heterocycles. The SMILES string of the molecule is CC(C)(C)c1nccnc1CC1CC1. The molecule has 0 N–H and O–H groups in total. The predicted molar refractivity (Wildman–Crippen MR) is 57.2 cm³/mol. The fourth-order valence-corrected chi connectivity index (χ4v) is 1.74. The maximum Gasteiger partial charge on any atom is 0.0672 e. The standard InChI is InChI=1S/C12H18N2/c1-12(2,3)11-10(8-9-4-5-9)13-6-7-14-11/h6-7,9H,4-5,8H2,1-3H3. The van der Waals surface area contributed by atoms with Crippen molar-refractivity contribution < 1.29 is 0 Å². The van der Waals surface area contributed by atoms with Crippen molar-refractivity contribution in [1.82, 2.24) is 9.97 Å². The molecule has 0 spiro atoms. The van der Waals surface area contributed by atoms with Crippen LogP contribution in [0.15, 0.2) is 12.4 Å². The zero-order valence-corrected chi connectivity index (χ0v) is 9.25. The van der Waals surface area contributed by atoms with Gasteiger partial charge in [-0.05, 0) is 25.2 Å². The Morgan fingerprint density at radius 1 is 1.21 bits per heavy atom. The fourth-order valence-electron chi connectivity index (χ4n) is 1.74. The molecule has 1 aliphatic carbocycles. The van der Waals surface area contributed by atoms with Crippen molar-refractivity contribution in [1.29, 1.82) is 0 Å². The lowest BCUT2D eigenvalue weighted by atomic mass is 9.89. The summed E-state index contributed by atoms with van der Waals surface area (Å²) in [5.74, 6) is 0.882. The first-order chi connectivity index (χ1) is 6.57. The van der Waals surface area contributed by atoms with Crippen LogP contribution in [0.4, 0.5) is 0 Å². The highest BCUT2D eigenvalue weighted by atomic mass is 14.8. The molecular formula is C12H18N2. The Balaban J connectivity index is 2.27. The van der Waals surface area contributed by atoms with Gasteiger partial charge in [0, 0.05) is 17.8 Å². The summed E-state index contributed by atoms with van der Waals surface area (Å²) in [7, 11) is 0. The van der Waals surface area contributed by atoms with E-state index < -0.39 is 0 Å². The minimum Gasteiger partial charge on any atom is -0.258 e. The van der Waals surface area contributed by atoms with Gasteiger partial charge >= 0.3 is 0 Å². The molecule has 1 aliphatic rings. The lowest BCUT2D eigenvalue weighted by Gasteiger charge is -2.20. The van der Waals surface area contributed by atoms with E-state index in [-0.39, 0.29) is 5.41 Å². The van der Waals surface area contributed by atoms with Crippen LogP contribution in [0, 0.1) is 5.92 Å². The first-order valence-corrected chi connectivity index (χ1v) is 5.38. The monoisotopic (exact) mass is 190 g/mol. The van der Waals surface area contributed by atoms with Crippen LogP contribution < -0.4 is 0 Å². The Morgan fingerprint density at radius 3 is 2.43 bits per heavy atom. The highest BCUT2D eigenvalue weighted by Crippen LogP contribution is 2.34. The Morgan fingerprint density at radius 2 is 1.86 bits per heavy atom. The second kappa shape index (κ2) is 3.34. The molecule has 0 radical (unpaired) electrons. The molecule has 0 bridgehead atoms. The predicted octanol–water partition coefficient (Wildman–Crippen LogP) is 2.73. The Hall–Kier alpha value is -0.920. The van der Waals surface area contributed by atoms with Crippen molar-refractivity contribution in [3.63, 3.8) is 0 Å². The lowest BCUT2D eigenvalue weighted by molar-refractivity contribution is 0.550. The van der Waals surface area contributed by atoms with Crippen molar-refractivity contribution in [2.75, 3.05) is 0 Å². The Kier molecular flexibility index (Phi) is 2.30. The molecule has 0 aliphatic heterocycles. The maximum absolute atomic E-state index is 4.47. The van der Waals surface area contributed by atoms with Crippen molar-refractivity contribution in [2.24, 2.45) is 5.92 Å². The van der Waals surface area contributed by atoms with Gasteiger partial charge in [0.2, 0.25) is 0 Å². The van der Waals surface area contributed by atoms with Gasteiger partial charge < -0.3 is 0 Å². The van der Waals surface area contributed by atoms with Crippen LogP contribution >= 0.6 is 0 Å². The Labute approximate surface area is 85.8 Å². The van der Waals surface area contributed by atoms with E-state index in [0.717, 1.165) is 12.3 Å².